The summed E-state index contributed by atoms with van der Waals surface area (Å²) in [6, 6.07) is 14.2. The molecule has 1 aromatic heterocycles. The smallest absolute Gasteiger partial charge is 0.338 e. The molecule has 2 aliphatic heterocycles. The monoisotopic (exact) mass is 488 g/mol. The fraction of sp³-hybridized carbons (Fsp3) is 0.231. The number of anilines is 2. The van der Waals surface area contributed by atoms with Crippen LogP contribution in [0.3, 0.4) is 0 Å². The normalized spacial score (nSPS) is 17.9. The first kappa shape index (κ1) is 22.8. The van der Waals surface area contributed by atoms with E-state index >= 15 is 0 Å². The van der Waals surface area contributed by atoms with E-state index in [1.54, 1.807) is 19.9 Å². The number of hydrogen-bond acceptors (Lipinski definition) is 7. The van der Waals surface area contributed by atoms with Gasteiger partial charge >= 0.3 is 5.97 Å². The summed E-state index contributed by atoms with van der Waals surface area (Å²) in [5.41, 5.74) is 3.83. The number of thiazole rings is 1. The third-order valence-electron chi connectivity index (χ3n) is 6.12. The number of para-hydroxylation sites is 1. The first-order valence-electron chi connectivity index (χ1n) is 11.2. The molecule has 0 saturated heterocycles. The van der Waals surface area contributed by atoms with Gasteiger partial charge in [0.25, 0.3) is 11.5 Å². The summed E-state index contributed by atoms with van der Waals surface area (Å²) in [6.07, 6.45) is 0. The Bertz CT molecular complexity index is 1580. The van der Waals surface area contributed by atoms with Gasteiger partial charge in [0.2, 0.25) is 0 Å². The van der Waals surface area contributed by atoms with E-state index in [0.717, 1.165) is 22.6 Å². The molecule has 3 heterocycles. The Balaban J connectivity index is 1.79. The Morgan fingerprint density at radius 1 is 1.14 bits per heavy atom. The number of carbonyl (C=O) groups is 2. The number of nitrogens with one attached hydrogen (secondary N) is 1. The van der Waals surface area contributed by atoms with Gasteiger partial charge in [-0.3, -0.25) is 14.2 Å². The Labute approximate surface area is 205 Å². The second-order valence-corrected chi connectivity index (χ2v) is 9.46. The maximum atomic E-state index is 13.9. The lowest BCUT2D eigenvalue weighted by Gasteiger charge is -2.25. The van der Waals surface area contributed by atoms with Gasteiger partial charge in [-0.1, -0.05) is 41.7 Å². The van der Waals surface area contributed by atoms with Crippen molar-refractivity contribution in [1.29, 1.82) is 0 Å². The van der Waals surface area contributed by atoms with Crippen LogP contribution in [0.15, 0.2) is 69.6 Å². The van der Waals surface area contributed by atoms with Gasteiger partial charge in [-0.05, 0) is 37.6 Å². The minimum absolute atomic E-state index is 0.202. The Morgan fingerprint density at radius 2 is 1.86 bits per heavy atom. The van der Waals surface area contributed by atoms with Gasteiger partial charge in [0.1, 0.15) is 4.53 Å². The summed E-state index contributed by atoms with van der Waals surface area (Å²) < 4.78 is 7.14. The van der Waals surface area contributed by atoms with Gasteiger partial charge < -0.3 is 15.0 Å². The summed E-state index contributed by atoms with van der Waals surface area (Å²) in [4.78, 5) is 46.8. The number of amides is 1. The van der Waals surface area contributed by atoms with Crippen LogP contribution < -0.4 is 25.1 Å². The first-order valence-corrected chi connectivity index (χ1v) is 12.0. The van der Waals surface area contributed by atoms with E-state index in [2.05, 4.69) is 10.3 Å². The van der Waals surface area contributed by atoms with E-state index in [0.29, 0.717) is 37.4 Å². The van der Waals surface area contributed by atoms with Crippen molar-refractivity contribution in [3.8, 4) is 0 Å². The highest BCUT2D eigenvalue weighted by molar-refractivity contribution is 7.07. The third-order valence-corrected chi connectivity index (χ3v) is 7.17. The number of carbonyl (C=O) groups excluding carboxylic acids is 2. The topological polar surface area (TPSA) is 93.0 Å². The molecule has 0 aliphatic carbocycles. The minimum atomic E-state index is -0.726. The maximum absolute atomic E-state index is 13.9. The van der Waals surface area contributed by atoms with E-state index in [1.807, 2.05) is 61.5 Å². The lowest BCUT2D eigenvalue weighted by atomic mass is 9.95. The molecule has 8 nitrogen and oxygen atoms in total. The van der Waals surface area contributed by atoms with Crippen molar-refractivity contribution in [3.63, 3.8) is 0 Å². The SMILES string of the molecule is CCOC(=O)C1=C(C)N=c2s/c(=C3\C(=O)Nc4ccccc43)c(=O)n2[C@H]1c1ccc(N(C)C)cc1. The van der Waals surface area contributed by atoms with Crippen LogP contribution in [-0.2, 0) is 14.3 Å². The number of benzene rings is 2. The Kier molecular flexibility index (Phi) is 5.64. The Hall–Kier alpha value is -3.98. The van der Waals surface area contributed by atoms with Gasteiger partial charge in [-0.25, -0.2) is 9.79 Å². The number of ether oxygens (including phenoxy) is 1. The van der Waals surface area contributed by atoms with E-state index in [4.69, 9.17) is 4.74 Å². The number of aromatic nitrogens is 1. The molecular weight excluding hydrogens is 464 g/mol. The zero-order chi connectivity index (χ0) is 24.9. The molecule has 5 rings (SSSR count). The van der Waals surface area contributed by atoms with Crippen molar-refractivity contribution in [2.75, 3.05) is 30.9 Å². The van der Waals surface area contributed by atoms with Gasteiger partial charge in [0, 0.05) is 31.0 Å². The summed E-state index contributed by atoms with van der Waals surface area (Å²) in [7, 11) is 3.89. The largest absolute Gasteiger partial charge is 0.463 e. The number of fused-ring (bicyclic) bond motifs is 2. The highest BCUT2D eigenvalue weighted by Crippen LogP contribution is 2.33. The van der Waals surface area contributed by atoms with Crippen molar-refractivity contribution >= 4 is 40.2 Å². The maximum Gasteiger partial charge on any atom is 0.338 e. The lowest BCUT2D eigenvalue weighted by molar-refractivity contribution is -0.139. The number of rotatable bonds is 4. The molecule has 3 aromatic rings. The molecule has 2 aliphatic rings. The van der Waals surface area contributed by atoms with E-state index in [-0.39, 0.29) is 18.1 Å². The Morgan fingerprint density at radius 3 is 2.54 bits per heavy atom. The standard InChI is InChI=1S/C26H24N4O4S/c1-5-34-25(33)19-14(2)27-26-30(21(19)15-10-12-16(13-11-15)29(3)4)24(32)22(35-26)20-17-8-6-7-9-18(17)28-23(20)31/h6-13,21H,5H2,1-4H3,(H,28,31)/b22-20-/t21-/m0/s1. The van der Waals surface area contributed by atoms with E-state index in [1.165, 1.54) is 4.57 Å². The quantitative estimate of drug-likeness (QED) is 0.569. The first-order chi connectivity index (χ1) is 16.8. The van der Waals surface area contributed by atoms with Gasteiger partial charge in [-0.2, -0.15) is 0 Å². The predicted molar refractivity (Wildman–Crippen MR) is 135 cm³/mol. The third kappa shape index (κ3) is 3.68. The molecule has 0 saturated carbocycles. The second-order valence-electron chi connectivity index (χ2n) is 8.48. The van der Waals surface area contributed by atoms with Gasteiger partial charge in [-0.15, -0.1) is 0 Å². The van der Waals surface area contributed by atoms with Crippen LogP contribution in [0.2, 0.25) is 0 Å². The number of hydrogen-bond donors (Lipinski definition) is 1. The molecule has 35 heavy (non-hydrogen) atoms. The van der Waals surface area contributed by atoms with Crippen molar-refractivity contribution in [2.45, 2.75) is 19.9 Å². The molecule has 2 aromatic carbocycles. The molecule has 0 unspecified atom stereocenters. The second kappa shape index (κ2) is 8.66. The summed E-state index contributed by atoms with van der Waals surface area (Å²) in [5, 5.41) is 2.83. The molecule has 1 N–H and O–H groups in total. The molecule has 0 spiro atoms. The van der Waals surface area contributed by atoms with Crippen molar-refractivity contribution in [3.05, 3.63) is 90.6 Å². The fourth-order valence-electron chi connectivity index (χ4n) is 4.45. The summed E-state index contributed by atoms with van der Waals surface area (Å²) >= 11 is 1.16. The average Bonchev–Trinajstić information content (AvgIpc) is 3.33. The highest BCUT2D eigenvalue weighted by Gasteiger charge is 2.35. The van der Waals surface area contributed by atoms with Crippen LogP contribution in [-0.4, -0.2) is 37.1 Å². The fourth-order valence-corrected chi connectivity index (χ4v) is 5.60. The molecule has 1 atom stereocenters. The molecule has 9 heteroatoms. The van der Waals surface area contributed by atoms with Crippen molar-refractivity contribution in [2.24, 2.45) is 4.99 Å². The molecule has 1 amide bonds. The van der Waals surface area contributed by atoms with Crippen LogP contribution in [0.25, 0.3) is 5.57 Å². The highest BCUT2D eigenvalue weighted by atomic mass is 32.1. The van der Waals surface area contributed by atoms with Gasteiger partial charge in [0.05, 0.1) is 29.5 Å². The molecule has 0 radical (unpaired) electrons. The summed E-state index contributed by atoms with van der Waals surface area (Å²) in [6.45, 7) is 3.68. The van der Waals surface area contributed by atoms with Crippen LogP contribution >= 0.6 is 11.3 Å². The number of esters is 1. The number of nitrogens with zero attached hydrogens (tertiary/aromatic N) is 3. The van der Waals surface area contributed by atoms with Crippen molar-refractivity contribution < 1.29 is 14.3 Å². The van der Waals surface area contributed by atoms with E-state index in [9.17, 15) is 14.4 Å². The lowest BCUT2D eigenvalue weighted by Crippen LogP contribution is -2.40. The van der Waals surface area contributed by atoms with E-state index < -0.39 is 12.0 Å². The van der Waals surface area contributed by atoms with Crippen LogP contribution in [0.5, 0.6) is 0 Å². The zero-order valence-electron chi connectivity index (χ0n) is 19.8. The number of allylic oxidation sites excluding steroid dienone is 1. The minimum Gasteiger partial charge on any atom is -0.463 e. The van der Waals surface area contributed by atoms with Crippen LogP contribution in [0.1, 0.15) is 31.0 Å². The molecular formula is C26H24N4O4S. The van der Waals surface area contributed by atoms with Gasteiger partial charge in [0.15, 0.2) is 4.80 Å². The predicted octanol–water partition coefficient (Wildman–Crippen LogP) is 2.19. The molecule has 0 bridgehead atoms. The van der Waals surface area contributed by atoms with Crippen molar-refractivity contribution in [1.82, 2.24) is 4.57 Å². The average molecular weight is 489 g/mol. The molecule has 178 valence electrons. The van der Waals surface area contributed by atoms with Crippen LogP contribution in [0, 0.1) is 0 Å². The zero-order valence-corrected chi connectivity index (χ0v) is 20.6. The summed E-state index contributed by atoms with van der Waals surface area (Å²) in [5.74, 6) is -0.845. The van der Waals surface area contributed by atoms with Crippen LogP contribution in [0.4, 0.5) is 11.4 Å². The molecule has 0 fully saturated rings.